The molecule has 9 heteroatoms. The number of imide groups is 1. The smallest absolute Gasteiger partial charge is 0.255 e. The van der Waals surface area contributed by atoms with Crippen molar-refractivity contribution in [3.8, 4) is 0 Å². The first-order chi connectivity index (χ1) is 14.5. The molecule has 2 aliphatic heterocycles. The van der Waals surface area contributed by atoms with E-state index in [4.69, 9.17) is 5.73 Å². The van der Waals surface area contributed by atoms with Crippen LogP contribution < -0.4 is 21.7 Å². The molecule has 0 aromatic heterocycles. The second kappa shape index (κ2) is 10.3. The molecular formula is C21H29N5O4. The van der Waals surface area contributed by atoms with E-state index in [0.717, 1.165) is 32.4 Å². The van der Waals surface area contributed by atoms with Crippen molar-refractivity contribution in [2.45, 2.75) is 51.1 Å². The summed E-state index contributed by atoms with van der Waals surface area (Å²) in [4.78, 5) is 50.2. The number of benzene rings is 1. The summed E-state index contributed by atoms with van der Waals surface area (Å²) in [6.45, 7) is 2.64. The van der Waals surface area contributed by atoms with Crippen LogP contribution in [0.5, 0.6) is 0 Å². The summed E-state index contributed by atoms with van der Waals surface area (Å²) in [6, 6.07) is 4.53. The van der Waals surface area contributed by atoms with Gasteiger partial charge in [-0.05, 0) is 57.5 Å². The standard InChI is InChI=1S/C21H29N5O4/c22-10-4-12-23-11-2-1-7-18(27)24-16-6-3-5-14-15(16)13-26(21(14)30)17-8-9-19(28)25-20(17)29/h3,5-6,17,23H,1-2,4,7-13,22H2,(H,24,27)(H,25,28,29). The van der Waals surface area contributed by atoms with Gasteiger partial charge in [-0.3, -0.25) is 24.5 Å². The van der Waals surface area contributed by atoms with E-state index in [2.05, 4.69) is 16.0 Å². The number of hydrogen-bond acceptors (Lipinski definition) is 6. The monoisotopic (exact) mass is 415 g/mol. The summed E-state index contributed by atoms with van der Waals surface area (Å²) >= 11 is 0. The van der Waals surface area contributed by atoms with Gasteiger partial charge in [0.05, 0.1) is 0 Å². The third-order valence-corrected chi connectivity index (χ3v) is 5.42. The normalized spacial score (nSPS) is 18.4. The summed E-state index contributed by atoms with van der Waals surface area (Å²) in [7, 11) is 0. The van der Waals surface area contributed by atoms with Crippen LogP contribution in [0.3, 0.4) is 0 Å². The number of anilines is 1. The number of piperidine rings is 1. The van der Waals surface area contributed by atoms with Gasteiger partial charge in [0, 0.05) is 36.2 Å². The maximum absolute atomic E-state index is 12.8. The molecule has 1 aromatic rings. The third kappa shape index (κ3) is 5.22. The van der Waals surface area contributed by atoms with E-state index in [9.17, 15) is 19.2 Å². The van der Waals surface area contributed by atoms with Crippen LogP contribution in [0.4, 0.5) is 5.69 Å². The van der Waals surface area contributed by atoms with Crippen LogP contribution in [-0.2, 0) is 20.9 Å². The number of hydrogen-bond donors (Lipinski definition) is 4. The Balaban J connectivity index is 1.55. The maximum Gasteiger partial charge on any atom is 0.255 e. The number of amides is 4. The van der Waals surface area contributed by atoms with Gasteiger partial charge in [0.25, 0.3) is 5.91 Å². The molecule has 2 heterocycles. The second-order valence-electron chi connectivity index (χ2n) is 7.63. The van der Waals surface area contributed by atoms with Crippen molar-refractivity contribution in [3.63, 3.8) is 0 Å². The van der Waals surface area contributed by atoms with Crippen LogP contribution in [0.15, 0.2) is 18.2 Å². The fourth-order valence-electron chi connectivity index (χ4n) is 3.80. The Labute approximate surface area is 175 Å². The summed E-state index contributed by atoms with van der Waals surface area (Å²) in [5, 5.41) is 8.48. The molecule has 0 spiro atoms. The van der Waals surface area contributed by atoms with Crippen molar-refractivity contribution < 1.29 is 19.2 Å². The zero-order valence-corrected chi connectivity index (χ0v) is 17.0. The number of nitrogens with two attached hydrogens (primary N) is 1. The van der Waals surface area contributed by atoms with Gasteiger partial charge in [0.1, 0.15) is 6.04 Å². The van der Waals surface area contributed by atoms with Crippen molar-refractivity contribution in [1.82, 2.24) is 15.5 Å². The quantitative estimate of drug-likeness (QED) is 0.325. The predicted molar refractivity (Wildman–Crippen MR) is 112 cm³/mol. The van der Waals surface area contributed by atoms with E-state index in [1.54, 1.807) is 18.2 Å². The third-order valence-electron chi connectivity index (χ3n) is 5.42. The number of carbonyl (C=O) groups is 4. The molecule has 2 aliphatic rings. The lowest BCUT2D eigenvalue weighted by Gasteiger charge is -2.29. The fraction of sp³-hybridized carbons (Fsp3) is 0.524. The molecule has 1 fully saturated rings. The zero-order chi connectivity index (χ0) is 21.5. The topological polar surface area (TPSA) is 134 Å². The second-order valence-corrected chi connectivity index (χ2v) is 7.63. The van der Waals surface area contributed by atoms with Crippen molar-refractivity contribution in [3.05, 3.63) is 29.3 Å². The largest absolute Gasteiger partial charge is 0.330 e. The average molecular weight is 415 g/mol. The van der Waals surface area contributed by atoms with Gasteiger partial charge >= 0.3 is 0 Å². The van der Waals surface area contributed by atoms with Gasteiger partial charge in [-0.25, -0.2) is 0 Å². The Bertz CT molecular complexity index is 826. The van der Waals surface area contributed by atoms with Crippen LogP contribution in [0.2, 0.25) is 0 Å². The highest BCUT2D eigenvalue weighted by atomic mass is 16.2. The highest BCUT2D eigenvalue weighted by molar-refractivity contribution is 6.06. The van der Waals surface area contributed by atoms with E-state index in [1.165, 1.54) is 4.90 Å². The molecule has 0 radical (unpaired) electrons. The van der Waals surface area contributed by atoms with E-state index in [1.807, 2.05) is 0 Å². The molecule has 9 nitrogen and oxygen atoms in total. The van der Waals surface area contributed by atoms with Crippen LogP contribution >= 0.6 is 0 Å². The Morgan fingerprint density at radius 1 is 1.17 bits per heavy atom. The lowest BCUT2D eigenvalue weighted by molar-refractivity contribution is -0.137. The summed E-state index contributed by atoms with van der Waals surface area (Å²) < 4.78 is 0. The summed E-state index contributed by atoms with van der Waals surface area (Å²) in [5.74, 6) is -1.11. The molecule has 0 saturated carbocycles. The van der Waals surface area contributed by atoms with Gasteiger partial charge in [-0.2, -0.15) is 0 Å². The van der Waals surface area contributed by atoms with Crippen LogP contribution in [0.25, 0.3) is 0 Å². The lowest BCUT2D eigenvalue weighted by atomic mass is 10.0. The molecule has 1 saturated heterocycles. The molecule has 30 heavy (non-hydrogen) atoms. The van der Waals surface area contributed by atoms with E-state index in [-0.39, 0.29) is 30.7 Å². The highest BCUT2D eigenvalue weighted by Crippen LogP contribution is 2.32. The van der Waals surface area contributed by atoms with Crippen LogP contribution in [0.1, 0.15) is 54.4 Å². The van der Waals surface area contributed by atoms with Crippen molar-refractivity contribution >= 4 is 29.3 Å². The van der Waals surface area contributed by atoms with Crippen LogP contribution in [-0.4, -0.2) is 54.2 Å². The van der Waals surface area contributed by atoms with Gasteiger partial charge in [0.15, 0.2) is 0 Å². The summed E-state index contributed by atoms with van der Waals surface area (Å²) in [6.07, 6.45) is 3.51. The molecule has 0 aliphatic carbocycles. The molecule has 162 valence electrons. The number of carbonyl (C=O) groups excluding carboxylic acids is 4. The molecule has 0 bridgehead atoms. The van der Waals surface area contributed by atoms with Gasteiger partial charge in [-0.15, -0.1) is 0 Å². The Morgan fingerprint density at radius 3 is 2.73 bits per heavy atom. The molecule has 1 atom stereocenters. The first-order valence-corrected chi connectivity index (χ1v) is 10.5. The van der Waals surface area contributed by atoms with Gasteiger partial charge in [0.2, 0.25) is 17.7 Å². The number of rotatable bonds is 10. The van der Waals surface area contributed by atoms with Crippen molar-refractivity contribution in [2.75, 3.05) is 25.0 Å². The zero-order valence-electron chi connectivity index (χ0n) is 17.0. The fourth-order valence-corrected chi connectivity index (χ4v) is 3.80. The predicted octanol–water partition coefficient (Wildman–Crippen LogP) is 0.495. The Morgan fingerprint density at radius 2 is 1.97 bits per heavy atom. The van der Waals surface area contributed by atoms with E-state index < -0.39 is 11.9 Å². The number of nitrogens with zero attached hydrogens (tertiary/aromatic N) is 1. The Kier molecular flexibility index (Phi) is 7.53. The maximum atomic E-state index is 12.8. The highest BCUT2D eigenvalue weighted by Gasteiger charge is 2.39. The Hall–Kier alpha value is -2.78. The lowest BCUT2D eigenvalue weighted by Crippen LogP contribution is -2.52. The number of fused-ring (bicyclic) bond motifs is 1. The molecule has 5 N–H and O–H groups in total. The van der Waals surface area contributed by atoms with Crippen molar-refractivity contribution in [2.24, 2.45) is 5.73 Å². The number of unbranched alkanes of at least 4 members (excludes halogenated alkanes) is 1. The first kappa shape index (κ1) is 21.9. The molecule has 1 aromatic carbocycles. The SMILES string of the molecule is NCCCNCCCCC(=O)Nc1cccc2c1CN(C1CCC(=O)NC1=O)C2=O. The summed E-state index contributed by atoms with van der Waals surface area (Å²) in [5.41, 5.74) is 7.24. The minimum Gasteiger partial charge on any atom is -0.330 e. The van der Waals surface area contributed by atoms with Gasteiger partial charge in [-0.1, -0.05) is 6.07 Å². The molecule has 4 amide bonds. The first-order valence-electron chi connectivity index (χ1n) is 10.5. The van der Waals surface area contributed by atoms with Gasteiger partial charge < -0.3 is 21.3 Å². The van der Waals surface area contributed by atoms with Crippen molar-refractivity contribution in [1.29, 1.82) is 0 Å². The molecule has 1 unspecified atom stereocenters. The van der Waals surface area contributed by atoms with E-state index >= 15 is 0 Å². The molecule has 3 rings (SSSR count). The minimum absolute atomic E-state index is 0.0998. The minimum atomic E-state index is -0.669. The van der Waals surface area contributed by atoms with Crippen LogP contribution in [0, 0.1) is 0 Å². The van der Waals surface area contributed by atoms with E-state index in [0.29, 0.717) is 36.2 Å². The average Bonchev–Trinajstić information content (AvgIpc) is 3.05. The number of nitrogens with one attached hydrogen (secondary N) is 3. The molecular weight excluding hydrogens is 386 g/mol.